The van der Waals surface area contributed by atoms with Crippen molar-refractivity contribution in [2.24, 2.45) is 0 Å². The number of carbonyl (C=O) groups excluding carboxylic acids is 1. The van der Waals surface area contributed by atoms with Crippen molar-refractivity contribution in [2.45, 2.75) is 6.92 Å². The van der Waals surface area contributed by atoms with Crippen molar-refractivity contribution in [1.82, 2.24) is 4.98 Å². The third-order valence-corrected chi connectivity index (χ3v) is 2.27. The number of benzene rings is 1. The van der Waals surface area contributed by atoms with Crippen molar-refractivity contribution in [3.63, 3.8) is 0 Å². The molecule has 4 nitrogen and oxygen atoms in total. The molecule has 0 aliphatic carbocycles. The van der Waals surface area contributed by atoms with Gasteiger partial charge < -0.3 is 11.1 Å². The number of pyridine rings is 1. The van der Waals surface area contributed by atoms with Gasteiger partial charge in [-0.15, -0.1) is 0 Å². The number of hydrogen-bond donors (Lipinski definition) is 2. The Hall–Kier alpha value is -2.36. The van der Waals surface area contributed by atoms with Gasteiger partial charge in [0.2, 0.25) is 0 Å². The Kier molecular flexibility index (Phi) is 3.05. The van der Waals surface area contributed by atoms with Crippen molar-refractivity contribution in [3.05, 3.63) is 53.9 Å². The van der Waals surface area contributed by atoms with E-state index in [1.165, 1.54) is 0 Å². The van der Waals surface area contributed by atoms with Gasteiger partial charge in [0.15, 0.2) is 0 Å². The average Bonchev–Trinajstić information content (AvgIpc) is 2.29. The summed E-state index contributed by atoms with van der Waals surface area (Å²) in [6.07, 6.45) is 0. The molecule has 0 unspecified atom stereocenters. The molecule has 2 rings (SSSR count). The maximum atomic E-state index is 11.9. The Morgan fingerprint density at radius 2 is 2.00 bits per heavy atom. The van der Waals surface area contributed by atoms with E-state index in [1.54, 1.807) is 36.4 Å². The minimum absolute atomic E-state index is 0.237. The lowest BCUT2D eigenvalue weighted by Crippen LogP contribution is -2.14. The second-order valence-corrected chi connectivity index (χ2v) is 3.74. The molecule has 1 amide bonds. The number of anilines is 2. The number of aromatic nitrogens is 1. The molecule has 3 N–H and O–H groups in total. The molecular formula is C13H13N3O. The van der Waals surface area contributed by atoms with Crippen LogP contribution in [0.5, 0.6) is 0 Å². The highest BCUT2D eigenvalue weighted by Gasteiger charge is 2.07. The third kappa shape index (κ3) is 2.81. The Morgan fingerprint density at radius 1 is 1.24 bits per heavy atom. The molecule has 86 valence electrons. The van der Waals surface area contributed by atoms with E-state index in [2.05, 4.69) is 10.3 Å². The second kappa shape index (κ2) is 4.65. The molecule has 2 aromatic rings. The molecule has 0 bridgehead atoms. The fourth-order valence-electron chi connectivity index (χ4n) is 1.48. The lowest BCUT2D eigenvalue weighted by Gasteiger charge is -2.05. The van der Waals surface area contributed by atoms with E-state index in [4.69, 9.17) is 5.73 Å². The highest BCUT2D eigenvalue weighted by molar-refractivity contribution is 6.03. The zero-order valence-electron chi connectivity index (χ0n) is 9.47. The van der Waals surface area contributed by atoms with Crippen LogP contribution in [0.3, 0.4) is 0 Å². The molecule has 1 aromatic carbocycles. The zero-order chi connectivity index (χ0) is 12.3. The number of amides is 1. The molecular weight excluding hydrogens is 214 g/mol. The summed E-state index contributed by atoms with van der Waals surface area (Å²) in [6.45, 7) is 1.84. The summed E-state index contributed by atoms with van der Waals surface area (Å²) in [4.78, 5) is 16.0. The predicted molar refractivity (Wildman–Crippen MR) is 67.8 cm³/mol. The highest BCUT2D eigenvalue weighted by atomic mass is 16.1. The monoisotopic (exact) mass is 227 g/mol. The van der Waals surface area contributed by atoms with Crippen LogP contribution in [0.25, 0.3) is 0 Å². The van der Waals surface area contributed by atoms with E-state index in [0.29, 0.717) is 17.1 Å². The first-order valence-electron chi connectivity index (χ1n) is 5.26. The number of carbonyl (C=O) groups is 1. The topological polar surface area (TPSA) is 68.0 Å². The Labute approximate surface area is 99.5 Å². The van der Waals surface area contributed by atoms with Crippen molar-refractivity contribution < 1.29 is 4.79 Å². The molecule has 0 atom stereocenters. The smallest absolute Gasteiger partial charge is 0.274 e. The molecule has 1 aromatic heterocycles. The highest BCUT2D eigenvalue weighted by Crippen LogP contribution is 2.12. The number of rotatable bonds is 2. The van der Waals surface area contributed by atoms with Crippen molar-refractivity contribution in [1.29, 1.82) is 0 Å². The van der Waals surface area contributed by atoms with Crippen molar-refractivity contribution in [3.8, 4) is 0 Å². The standard InChI is InChI=1S/C13H13N3O/c1-9-4-2-7-12(15-9)13(17)16-11-6-3-5-10(14)8-11/h2-8H,14H2,1H3,(H,16,17). The van der Waals surface area contributed by atoms with Crippen LogP contribution < -0.4 is 11.1 Å². The molecule has 1 heterocycles. The predicted octanol–water partition coefficient (Wildman–Crippen LogP) is 2.22. The normalized spacial score (nSPS) is 9.94. The first kappa shape index (κ1) is 11.1. The lowest BCUT2D eigenvalue weighted by atomic mass is 10.2. The first-order valence-corrected chi connectivity index (χ1v) is 5.26. The van der Waals surface area contributed by atoms with Crippen LogP contribution in [0.2, 0.25) is 0 Å². The van der Waals surface area contributed by atoms with E-state index >= 15 is 0 Å². The van der Waals surface area contributed by atoms with Crippen LogP contribution in [0.1, 0.15) is 16.2 Å². The molecule has 0 fully saturated rings. The second-order valence-electron chi connectivity index (χ2n) is 3.74. The number of nitrogens with one attached hydrogen (secondary N) is 1. The molecule has 17 heavy (non-hydrogen) atoms. The number of hydrogen-bond acceptors (Lipinski definition) is 3. The summed E-state index contributed by atoms with van der Waals surface area (Å²) in [7, 11) is 0. The average molecular weight is 227 g/mol. The van der Waals surface area contributed by atoms with Gasteiger partial charge in [-0.2, -0.15) is 0 Å². The Morgan fingerprint density at radius 3 is 2.71 bits per heavy atom. The summed E-state index contributed by atoms with van der Waals surface area (Å²) < 4.78 is 0. The number of nitrogens with two attached hydrogens (primary N) is 1. The fourth-order valence-corrected chi connectivity index (χ4v) is 1.48. The van der Waals surface area contributed by atoms with Crippen LogP contribution >= 0.6 is 0 Å². The molecule has 0 aliphatic heterocycles. The van der Waals surface area contributed by atoms with Crippen LogP contribution in [-0.4, -0.2) is 10.9 Å². The fraction of sp³-hybridized carbons (Fsp3) is 0.0769. The molecule has 0 spiro atoms. The van der Waals surface area contributed by atoms with Gasteiger partial charge in [0.1, 0.15) is 5.69 Å². The van der Waals surface area contributed by atoms with E-state index in [-0.39, 0.29) is 5.91 Å². The molecule has 0 saturated heterocycles. The van der Waals surface area contributed by atoms with Crippen LogP contribution in [0, 0.1) is 6.92 Å². The quantitative estimate of drug-likeness (QED) is 0.773. The SMILES string of the molecule is Cc1cccc(C(=O)Nc2cccc(N)c2)n1. The van der Waals surface area contributed by atoms with Gasteiger partial charge >= 0.3 is 0 Å². The van der Waals surface area contributed by atoms with Crippen LogP contribution in [0.15, 0.2) is 42.5 Å². The summed E-state index contributed by atoms with van der Waals surface area (Å²) in [5.74, 6) is -0.237. The van der Waals surface area contributed by atoms with E-state index in [1.807, 2.05) is 13.0 Å². The molecule has 0 saturated carbocycles. The number of nitrogens with zero attached hydrogens (tertiary/aromatic N) is 1. The van der Waals surface area contributed by atoms with Gasteiger partial charge in [-0.3, -0.25) is 4.79 Å². The minimum Gasteiger partial charge on any atom is -0.399 e. The van der Waals surface area contributed by atoms with E-state index in [9.17, 15) is 4.79 Å². The summed E-state index contributed by atoms with van der Waals surface area (Å²) in [6, 6.07) is 12.4. The zero-order valence-corrected chi connectivity index (χ0v) is 9.47. The summed E-state index contributed by atoms with van der Waals surface area (Å²) >= 11 is 0. The van der Waals surface area contributed by atoms with Gasteiger partial charge in [0.05, 0.1) is 0 Å². The maximum absolute atomic E-state index is 11.9. The maximum Gasteiger partial charge on any atom is 0.274 e. The molecule has 4 heteroatoms. The van der Waals surface area contributed by atoms with E-state index in [0.717, 1.165) is 5.69 Å². The largest absolute Gasteiger partial charge is 0.399 e. The van der Waals surface area contributed by atoms with Crippen molar-refractivity contribution >= 4 is 17.3 Å². The number of nitrogen functional groups attached to an aromatic ring is 1. The van der Waals surface area contributed by atoms with Crippen LogP contribution in [0.4, 0.5) is 11.4 Å². The van der Waals surface area contributed by atoms with Gasteiger partial charge in [-0.1, -0.05) is 12.1 Å². The number of aryl methyl sites for hydroxylation is 1. The Balaban J connectivity index is 2.17. The minimum atomic E-state index is -0.237. The Bertz CT molecular complexity index is 552. The molecule has 0 radical (unpaired) electrons. The molecule has 0 aliphatic rings. The van der Waals surface area contributed by atoms with Gasteiger partial charge in [0.25, 0.3) is 5.91 Å². The van der Waals surface area contributed by atoms with Crippen molar-refractivity contribution in [2.75, 3.05) is 11.1 Å². The van der Waals surface area contributed by atoms with Gasteiger partial charge in [-0.05, 0) is 37.3 Å². The van der Waals surface area contributed by atoms with Gasteiger partial charge in [0, 0.05) is 17.1 Å². The third-order valence-electron chi connectivity index (χ3n) is 2.27. The van der Waals surface area contributed by atoms with E-state index < -0.39 is 0 Å². The summed E-state index contributed by atoms with van der Waals surface area (Å²) in [5.41, 5.74) is 8.11. The summed E-state index contributed by atoms with van der Waals surface area (Å²) in [5, 5.41) is 2.74. The van der Waals surface area contributed by atoms with Gasteiger partial charge in [-0.25, -0.2) is 4.98 Å². The van der Waals surface area contributed by atoms with Crippen LogP contribution in [-0.2, 0) is 0 Å². The first-order chi connectivity index (χ1) is 8.15. The lowest BCUT2D eigenvalue weighted by molar-refractivity contribution is 0.102.